The van der Waals surface area contributed by atoms with Crippen LogP contribution in [0.2, 0.25) is 0 Å². The topological polar surface area (TPSA) is 70.6 Å². The van der Waals surface area contributed by atoms with Crippen molar-refractivity contribution in [2.45, 2.75) is 36.5 Å². The van der Waals surface area contributed by atoms with Crippen LogP contribution in [0.3, 0.4) is 0 Å². The van der Waals surface area contributed by atoms with E-state index >= 15 is 0 Å². The van der Waals surface area contributed by atoms with E-state index in [1.54, 1.807) is 24.3 Å². The van der Waals surface area contributed by atoms with E-state index in [-0.39, 0.29) is 35.1 Å². The molecule has 7 heteroatoms. The van der Waals surface area contributed by atoms with Crippen LogP contribution >= 0.6 is 24.0 Å². The highest BCUT2D eigenvalue weighted by molar-refractivity contribution is 14.0. The maximum absolute atomic E-state index is 12.4. The zero-order chi connectivity index (χ0) is 19.9. The van der Waals surface area contributed by atoms with Crippen LogP contribution in [-0.4, -0.2) is 39.8 Å². The third kappa shape index (κ3) is 6.70. The second-order valence-corrected chi connectivity index (χ2v) is 9.36. The van der Waals surface area contributed by atoms with Crippen LogP contribution in [0.4, 0.5) is 0 Å². The van der Waals surface area contributed by atoms with Crippen LogP contribution in [0.25, 0.3) is 0 Å². The van der Waals surface area contributed by atoms with Crippen LogP contribution in [0.1, 0.15) is 31.7 Å². The summed E-state index contributed by atoms with van der Waals surface area (Å²) in [5, 5.41) is 6.52. The van der Waals surface area contributed by atoms with E-state index in [4.69, 9.17) is 4.99 Å². The molecule has 5 nitrogen and oxygen atoms in total. The van der Waals surface area contributed by atoms with Crippen molar-refractivity contribution in [3.05, 3.63) is 66.2 Å². The van der Waals surface area contributed by atoms with Crippen molar-refractivity contribution >= 4 is 39.8 Å². The molecule has 0 spiro atoms. The van der Waals surface area contributed by atoms with Gasteiger partial charge in [0.25, 0.3) is 0 Å². The molecule has 2 aromatic rings. The van der Waals surface area contributed by atoms with Gasteiger partial charge in [0.05, 0.1) is 17.2 Å². The fraction of sp³-hybridized carbons (Fsp3) is 0.409. The lowest BCUT2D eigenvalue weighted by Crippen LogP contribution is -2.38. The van der Waals surface area contributed by atoms with Crippen molar-refractivity contribution < 1.29 is 8.42 Å². The molecule has 0 saturated heterocycles. The first-order valence-corrected chi connectivity index (χ1v) is 11.6. The van der Waals surface area contributed by atoms with Crippen molar-refractivity contribution in [1.82, 2.24) is 10.6 Å². The highest BCUT2D eigenvalue weighted by Gasteiger charge is 2.43. The van der Waals surface area contributed by atoms with Crippen molar-refractivity contribution in [2.24, 2.45) is 4.99 Å². The maximum atomic E-state index is 12.4. The molecule has 0 bridgehead atoms. The molecule has 0 radical (unpaired) electrons. The molecule has 0 aliphatic heterocycles. The lowest BCUT2D eigenvalue weighted by atomic mass is 9.96. The average Bonchev–Trinajstić information content (AvgIpc) is 3.52. The second-order valence-electron chi connectivity index (χ2n) is 7.25. The van der Waals surface area contributed by atoms with E-state index in [0.29, 0.717) is 17.9 Å². The van der Waals surface area contributed by atoms with Gasteiger partial charge >= 0.3 is 0 Å². The molecular weight excluding hydrogens is 497 g/mol. The van der Waals surface area contributed by atoms with Gasteiger partial charge in [-0.05, 0) is 43.9 Å². The molecule has 0 heterocycles. The Balaban J connectivity index is 0.00000300. The molecule has 1 saturated carbocycles. The Bertz CT molecular complexity index is 883. The summed E-state index contributed by atoms with van der Waals surface area (Å²) in [6.07, 6.45) is 2.86. The highest BCUT2D eigenvalue weighted by Crippen LogP contribution is 2.48. The number of benzene rings is 2. The molecule has 0 aromatic heterocycles. The minimum Gasteiger partial charge on any atom is -0.357 e. The number of hydrogen-bond acceptors (Lipinski definition) is 3. The number of halogens is 1. The largest absolute Gasteiger partial charge is 0.357 e. The monoisotopic (exact) mass is 527 g/mol. The summed E-state index contributed by atoms with van der Waals surface area (Å²) in [4.78, 5) is 5.14. The fourth-order valence-corrected chi connectivity index (χ4v) is 4.60. The second kappa shape index (κ2) is 11.0. The Morgan fingerprint density at radius 3 is 2.21 bits per heavy atom. The molecule has 1 fully saturated rings. The predicted molar refractivity (Wildman–Crippen MR) is 130 cm³/mol. The van der Waals surface area contributed by atoms with Gasteiger partial charge in [0.1, 0.15) is 0 Å². The van der Waals surface area contributed by atoms with Crippen molar-refractivity contribution in [1.29, 1.82) is 0 Å². The number of rotatable bonds is 9. The summed E-state index contributed by atoms with van der Waals surface area (Å²) in [6, 6.07) is 19.2. The number of hydrogen-bond donors (Lipinski definition) is 2. The summed E-state index contributed by atoms with van der Waals surface area (Å²) in [5.74, 6) is 0.874. The standard InChI is InChI=1S/C22H29N3O2S.HI/c1-2-23-21(25-18-22(14-15-22)19-10-5-3-6-11-19)24-16-9-17-28(26,27)20-12-7-4-8-13-20;/h3-8,10-13H,2,9,14-18H2,1H3,(H2,23,24,25);1H. The third-order valence-electron chi connectivity index (χ3n) is 5.11. The quantitative estimate of drug-likeness (QED) is 0.226. The minimum absolute atomic E-state index is 0. The molecule has 2 aromatic carbocycles. The van der Waals surface area contributed by atoms with Crippen LogP contribution in [0.15, 0.2) is 70.6 Å². The Labute approximate surface area is 191 Å². The molecule has 2 N–H and O–H groups in total. The van der Waals surface area contributed by atoms with E-state index in [9.17, 15) is 8.42 Å². The number of guanidine groups is 1. The molecule has 1 aliphatic carbocycles. The van der Waals surface area contributed by atoms with E-state index in [1.807, 2.05) is 19.1 Å². The first kappa shape index (κ1) is 23.7. The molecule has 0 atom stereocenters. The van der Waals surface area contributed by atoms with Gasteiger partial charge in [0.15, 0.2) is 15.8 Å². The number of sulfone groups is 1. The first-order chi connectivity index (χ1) is 13.6. The average molecular weight is 527 g/mol. The van der Waals surface area contributed by atoms with Crippen LogP contribution in [0.5, 0.6) is 0 Å². The van der Waals surface area contributed by atoms with Gasteiger partial charge in [0.2, 0.25) is 0 Å². The minimum atomic E-state index is -3.23. The molecule has 158 valence electrons. The smallest absolute Gasteiger partial charge is 0.191 e. The highest BCUT2D eigenvalue weighted by atomic mass is 127. The Morgan fingerprint density at radius 2 is 1.62 bits per heavy atom. The summed E-state index contributed by atoms with van der Waals surface area (Å²) in [7, 11) is -3.23. The summed E-state index contributed by atoms with van der Waals surface area (Å²) in [6.45, 7) is 4.11. The number of nitrogens with zero attached hydrogens (tertiary/aromatic N) is 1. The van der Waals surface area contributed by atoms with Gasteiger partial charge in [-0.15, -0.1) is 24.0 Å². The molecule has 0 amide bonds. The summed E-state index contributed by atoms with van der Waals surface area (Å²) in [5.41, 5.74) is 1.52. The zero-order valence-electron chi connectivity index (χ0n) is 16.8. The van der Waals surface area contributed by atoms with Crippen molar-refractivity contribution in [2.75, 3.05) is 25.4 Å². The van der Waals surface area contributed by atoms with Crippen molar-refractivity contribution in [3.8, 4) is 0 Å². The molecule has 29 heavy (non-hydrogen) atoms. The van der Waals surface area contributed by atoms with E-state index in [2.05, 4.69) is 34.9 Å². The zero-order valence-corrected chi connectivity index (χ0v) is 20.0. The van der Waals surface area contributed by atoms with Gasteiger partial charge in [-0.3, -0.25) is 4.99 Å². The summed E-state index contributed by atoms with van der Waals surface area (Å²) >= 11 is 0. The van der Waals surface area contributed by atoms with Crippen LogP contribution in [-0.2, 0) is 15.3 Å². The molecule has 0 unspecified atom stereocenters. The van der Waals surface area contributed by atoms with Gasteiger partial charge in [0, 0.05) is 18.5 Å². The Hall–Kier alpha value is -1.61. The van der Waals surface area contributed by atoms with E-state index in [0.717, 1.165) is 31.9 Å². The normalized spacial score (nSPS) is 15.3. The van der Waals surface area contributed by atoms with Gasteiger partial charge in [-0.2, -0.15) is 0 Å². The van der Waals surface area contributed by atoms with E-state index < -0.39 is 9.84 Å². The fourth-order valence-electron chi connectivity index (χ4n) is 3.27. The lowest BCUT2D eigenvalue weighted by Gasteiger charge is -2.16. The van der Waals surface area contributed by atoms with Crippen LogP contribution < -0.4 is 10.6 Å². The molecular formula is C22H30IN3O2S. The third-order valence-corrected chi connectivity index (χ3v) is 6.92. The van der Waals surface area contributed by atoms with Crippen LogP contribution in [0, 0.1) is 0 Å². The Kier molecular flexibility index (Phi) is 8.95. The molecule has 1 aliphatic rings. The van der Waals surface area contributed by atoms with Crippen molar-refractivity contribution in [3.63, 3.8) is 0 Å². The molecule has 3 rings (SSSR count). The van der Waals surface area contributed by atoms with Gasteiger partial charge in [-0.25, -0.2) is 8.42 Å². The first-order valence-electron chi connectivity index (χ1n) is 9.91. The maximum Gasteiger partial charge on any atom is 0.191 e. The van der Waals surface area contributed by atoms with Gasteiger partial charge < -0.3 is 10.6 Å². The summed E-state index contributed by atoms with van der Waals surface area (Å²) < 4.78 is 24.7. The Morgan fingerprint density at radius 1 is 1.00 bits per heavy atom. The SMILES string of the molecule is CCNC(=NCC1(c2ccccc2)CC1)NCCCS(=O)(=O)c1ccccc1.I. The predicted octanol–water partition coefficient (Wildman–Crippen LogP) is 3.76. The number of nitrogens with one attached hydrogen (secondary N) is 2. The number of aliphatic imine (C=N–C) groups is 1. The lowest BCUT2D eigenvalue weighted by molar-refractivity contribution is 0.592. The van der Waals surface area contributed by atoms with E-state index in [1.165, 1.54) is 5.56 Å². The van der Waals surface area contributed by atoms with Gasteiger partial charge in [-0.1, -0.05) is 48.5 Å².